The van der Waals surface area contributed by atoms with Gasteiger partial charge in [-0.05, 0) is 33.3 Å². The summed E-state index contributed by atoms with van der Waals surface area (Å²) in [4.78, 5) is 25.5. The number of anilines is 1. The summed E-state index contributed by atoms with van der Waals surface area (Å²) in [5.41, 5.74) is -2.22. The van der Waals surface area contributed by atoms with Gasteiger partial charge in [-0.25, -0.2) is 4.79 Å². The Morgan fingerprint density at radius 1 is 1.11 bits per heavy atom. The van der Waals surface area contributed by atoms with Crippen LogP contribution in [0.15, 0.2) is 18.2 Å². The monoisotopic (exact) mass is 389 g/mol. The van der Waals surface area contributed by atoms with E-state index in [1.54, 1.807) is 25.7 Å². The van der Waals surface area contributed by atoms with Crippen LogP contribution in [-0.4, -0.2) is 47.7 Å². The Bertz CT molecular complexity index is 716. The number of hydrogen-bond acceptors (Lipinski definition) is 5. The number of hydrogen-bond donors (Lipinski definition) is 0. The molecule has 150 valence electrons. The van der Waals surface area contributed by atoms with Crippen molar-refractivity contribution in [2.45, 2.75) is 39.0 Å². The fourth-order valence-electron chi connectivity index (χ4n) is 2.73. The summed E-state index contributed by atoms with van der Waals surface area (Å²) in [7, 11) is 0. The average molecular weight is 389 g/mol. The van der Waals surface area contributed by atoms with Crippen LogP contribution in [0.4, 0.5) is 29.3 Å². The molecule has 1 aliphatic heterocycles. The molecule has 1 heterocycles. The van der Waals surface area contributed by atoms with E-state index in [0.717, 1.165) is 12.1 Å². The van der Waals surface area contributed by atoms with Crippen molar-refractivity contribution < 1.29 is 27.6 Å². The highest BCUT2D eigenvalue weighted by Gasteiger charge is 2.34. The number of ether oxygens (including phenoxy) is 1. The summed E-state index contributed by atoms with van der Waals surface area (Å²) in [6, 6.07) is 2.54. The Balaban J connectivity index is 2.20. The first kappa shape index (κ1) is 20.8. The van der Waals surface area contributed by atoms with E-state index in [2.05, 4.69) is 0 Å². The molecule has 1 aromatic rings. The van der Waals surface area contributed by atoms with Crippen LogP contribution < -0.4 is 4.90 Å². The number of amides is 1. The summed E-state index contributed by atoms with van der Waals surface area (Å²) in [5, 5.41) is 11.0. The normalized spacial score (nSPS) is 16.1. The van der Waals surface area contributed by atoms with E-state index in [4.69, 9.17) is 4.74 Å². The van der Waals surface area contributed by atoms with Gasteiger partial charge in [-0.1, -0.05) is 0 Å². The third kappa shape index (κ3) is 5.73. The lowest BCUT2D eigenvalue weighted by molar-refractivity contribution is -0.385. The topological polar surface area (TPSA) is 75.9 Å². The molecule has 1 amide bonds. The third-order valence-corrected chi connectivity index (χ3v) is 3.95. The molecule has 1 fully saturated rings. The van der Waals surface area contributed by atoms with Crippen molar-refractivity contribution >= 4 is 17.5 Å². The minimum Gasteiger partial charge on any atom is -0.444 e. The standard InChI is InChI=1S/C17H22F3N3O4/c1-16(2,3)27-15(24)22-6-4-5-21(7-8-22)13-9-12(17(18,19)20)10-14(11-13)23(25)26/h9-11H,4-8H2,1-3H3. The van der Waals surface area contributed by atoms with Crippen LogP contribution in [0.25, 0.3) is 0 Å². The first-order valence-electron chi connectivity index (χ1n) is 8.46. The molecule has 0 aromatic heterocycles. The van der Waals surface area contributed by atoms with Crippen molar-refractivity contribution in [2.75, 3.05) is 31.1 Å². The molecule has 1 aromatic carbocycles. The molecule has 0 unspecified atom stereocenters. The van der Waals surface area contributed by atoms with Crippen LogP contribution in [0.2, 0.25) is 0 Å². The highest BCUT2D eigenvalue weighted by molar-refractivity contribution is 5.68. The Labute approximate surface area is 154 Å². The predicted molar refractivity (Wildman–Crippen MR) is 92.7 cm³/mol. The fourth-order valence-corrected chi connectivity index (χ4v) is 2.73. The number of nitrogens with zero attached hydrogens (tertiary/aromatic N) is 3. The van der Waals surface area contributed by atoms with Crippen molar-refractivity contribution in [3.05, 3.63) is 33.9 Å². The lowest BCUT2D eigenvalue weighted by Crippen LogP contribution is -2.39. The molecule has 1 saturated heterocycles. The Morgan fingerprint density at radius 3 is 2.33 bits per heavy atom. The molecule has 0 saturated carbocycles. The van der Waals surface area contributed by atoms with Crippen LogP contribution in [0.3, 0.4) is 0 Å². The number of non-ortho nitro benzene ring substituents is 1. The molecule has 0 radical (unpaired) electrons. The van der Waals surface area contributed by atoms with Crippen LogP contribution >= 0.6 is 0 Å². The lowest BCUT2D eigenvalue weighted by atomic mass is 10.1. The molecule has 10 heteroatoms. The molecule has 2 rings (SSSR count). The second-order valence-electron chi connectivity index (χ2n) is 7.30. The van der Waals surface area contributed by atoms with Gasteiger partial charge in [-0.15, -0.1) is 0 Å². The maximum atomic E-state index is 13.1. The van der Waals surface area contributed by atoms with Crippen LogP contribution in [-0.2, 0) is 10.9 Å². The van der Waals surface area contributed by atoms with E-state index in [-0.39, 0.29) is 18.8 Å². The molecule has 0 spiro atoms. The van der Waals surface area contributed by atoms with E-state index >= 15 is 0 Å². The zero-order valence-corrected chi connectivity index (χ0v) is 15.4. The van der Waals surface area contributed by atoms with Crippen LogP contribution in [0.1, 0.15) is 32.8 Å². The van der Waals surface area contributed by atoms with E-state index in [1.165, 1.54) is 4.90 Å². The van der Waals surface area contributed by atoms with Gasteiger partial charge in [0.1, 0.15) is 5.60 Å². The Morgan fingerprint density at radius 2 is 1.78 bits per heavy atom. The fraction of sp³-hybridized carbons (Fsp3) is 0.588. The maximum Gasteiger partial charge on any atom is 0.416 e. The first-order valence-corrected chi connectivity index (χ1v) is 8.46. The lowest BCUT2D eigenvalue weighted by Gasteiger charge is -2.27. The Hall–Kier alpha value is -2.52. The minimum absolute atomic E-state index is 0.113. The molecule has 7 nitrogen and oxygen atoms in total. The first-order chi connectivity index (χ1) is 12.4. The third-order valence-electron chi connectivity index (χ3n) is 3.95. The number of benzene rings is 1. The van der Waals surface area contributed by atoms with Crippen molar-refractivity contribution in [1.82, 2.24) is 4.90 Å². The average Bonchev–Trinajstić information content (AvgIpc) is 2.78. The molecule has 1 aliphatic rings. The molecule has 27 heavy (non-hydrogen) atoms. The smallest absolute Gasteiger partial charge is 0.416 e. The van der Waals surface area contributed by atoms with Gasteiger partial charge in [0, 0.05) is 44.0 Å². The molecule has 0 atom stereocenters. The van der Waals surface area contributed by atoms with Gasteiger partial charge in [0.15, 0.2) is 0 Å². The van der Waals surface area contributed by atoms with Crippen molar-refractivity contribution in [3.63, 3.8) is 0 Å². The van der Waals surface area contributed by atoms with Gasteiger partial charge in [0.2, 0.25) is 0 Å². The van der Waals surface area contributed by atoms with E-state index < -0.39 is 34.0 Å². The highest BCUT2D eigenvalue weighted by Crippen LogP contribution is 2.35. The summed E-state index contributed by atoms with van der Waals surface area (Å²) < 4.78 is 44.5. The van der Waals surface area contributed by atoms with E-state index in [9.17, 15) is 28.1 Å². The molecule has 0 aliphatic carbocycles. The summed E-state index contributed by atoms with van der Waals surface area (Å²) in [6.07, 6.45) is -4.67. The van der Waals surface area contributed by atoms with Gasteiger partial charge >= 0.3 is 12.3 Å². The minimum atomic E-state index is -4.69. The van der Waals surface area contributed by atoms with Crippen LogP contribution in [0.5, 0.6) is 0 Å². The van der Waals surface area contributed by atoms with Crippen molar-refractivity contribution in [2.24, 2.45) is 0 Å². The van der Waals surface area contributed by atoms with Gasteiger partial charge in [0.05, 0.1) is 10.5 Å². The number of nitro groups is 1. The number of halogens is 3. The summed E-state index contributed by atoms with van der Waals surface area (Å²) in [6.45, 7) is 6.51. The summed E-state index contributed by atoms with van der Waals surface area (Å²) >= 11 is 0. The number of nitro benzene ring substituents is 1. The zero-order chi connectivity index (χ0) is 20.4. The Kier molecular flexibility index (Phi) is 5.86. The quantitative estimate of drug-likeness (QED) is 0.563. The highest BCUT2D eigenvalue weighted by atomic mass is 19.4. The number of rotatable bonds is 2. The maximum absolute atomic E-state index is 13.1. The van der Waals surface area contributed by atoms with E-state index in [1.807, 2.05) is 0 Å². The SMILES string of the molecule is CC(C)(C)OC(=O)N1CCCN(c2cc([N+](=O)[O-])cc(C(F)(F)F)c2)CC1. The van der Waals surface area contributed by atoms with Gasteiger partial charge in [-0.3, -0.25) is 10.1 Å². The van der Waals surface area contributed by atoms with Crippen LogP contribution in [0, 0.1) is 10.1 Å². The molecular formula is C17H22F3N3O4. The van der Waals surface area contributed by atoms with Gasteiger partial charge in [0.25, 0.3) is 5.69 Å². The number of alkyl halides is 3. The predicted octanol–water partition coefficient (Wildman–Crippen LogP) is 4.06. The van der Waals surface area contributed by atoms with Crippen molar-refractivity contribution in [1.29, 1.82) is 0 Å². The number of carbonyl (C=O) groups is 1. The zero-order valence-electron chi connectivity index (χ0n) is 15.4. The second kappa shape index (κ2) is 7.61. The largest absolute Gasteiger partial charge is 0.444 e. The number of carbonyl (C=O) groups excluding carboxylic acids is 1. The molecular weight excluding hydrogens is 367 g/mol. The van der Waals surface area contributed by atoms with Crippen molar-refractivity contribution in [3.8, 4) is 0 Å². The van der Waals surface area contributed by atoms with Gasteiger partial charge < -0.3 is 14.5 Å². The second-order valence-corrected chi connectivity index (χ2v) is 7.30. The molecule has 0 bridgehead atoms. The molecule has 0 N–H and O–H groups in total. The van der Waals surface area contributed by atoms with Gasteiger partial charge in [-0.2, -0.15) is 13.2 Å². The van der Waals surface area contributed by atoms with E-state index in [0.29, 0.717) is 25.6 Å². The summed E-state index contributed by atoms with van der Waals surface area (Å²) in [5.74, 6) is 0.